The maximum atomic E-state index is 9.85. The van der Waals surface area contributed by atoms with E-state index >= 15 is 0 Å². The second-order valence-electron chi connectivity index (χ2n) is 4.41. The van der Waals surface area contributed by atoms with E-state index in [9.17, 15) is 5.11 Å². The third-order valence-electron chi connectivity index (χ3n) is 3.02. The lowest BCUT2D eigenvalue weighted by Gasteiger charge is -2.15. The Morgan fingerprint density at radius 3 is 2.74 bits per heavy atom. The van der Waals surface area contributed by atoms with Gasteiger partial charge >= 0.3 is 0 Å². The molecular formula is C15H15BrClNO. The van der Waals surface area contributed by atoms with Crippen molar-refractivity contribution in [3.63, 3.8) is 0 Å². The van der Waals surface area contributed by atoms with Crippen LogP contribution in [0.25, 0.3) is 0 Å². The van der Waals surface area contributed by atoms with Crippen molar-refractivity contribution in [1.29, 1.82) is 0 Å². The van der Waals surface area contributed by atoms with E-state index in [0.717, 1.165) is 10.0 Å². The summed E-state index contributed by atoms with van der Waals surface area (Å²) in [6.07, 6.45) is 0. The van der Waals surface area contributed by atoms with Crippen LogP contribution in [0.5, 0.6) is 5.75 Å². The monoisotopic (exact) mass is 339 g/mol. The first-order valence-corrected chi connectivity index (χ1v) is 7.20. The molecule has 0 amide bonds. The van der Waals surface area contributed by atoms with Gasteiger partial charge in [0.25, 0.3) is 0 Å². The Morgan fingerprint density at radius 1 is 1.26 bits per heavy atom. The first-order chi connectivity index (χ1) is 9.08. The van der Waals surface area contributed by atoms with Gasteiger partial charge in [-0.3, -0.25) is 0 Å². The molecule has 0 aliphatic carbocycles. The smallest absolute Gasteiger partial charge is 0.138 e. The summed E-state index contributed by atoms with van der Waals surface area (Å²) in [5.41, 5.74) is 1.99. The molecule has 2 aromatic carbocycles. The molecule has 0 unspecified atom stereocenters. The lowest BCUT2D eigenvalue weighted by molar-refractivity contribution is 0.460. The summed E-state index contributed by atoms with van der Waals surface area (Å²) in [6.45, 7) is 2.66. The van der Waals surface area contributed by atoms with Crippen molar-refractivity contribution >= 4 is 27.5 Å². The largest absolute Gasteiger partial charge is 0.506 e. The van der Waals surface area contributed by atoms with Gasteiger partial charge in [0.05, 0.1) is 5.02 Å². The summed E-state index contributed by atoms with van der Waals surface area (Å²) in [7, 11) is 0. The number of halogens is 2. The SMILES string of the molecule is C[C@H](NCc1cccc(Cl)c1O)c1cccc(Br)c1. The molecule has 0 heterocycles. The molecule has 0 fully saturated rings. The van der Waals surface area contributed by atoms with Crippen LogP contribution < -0.4 is 5.32 Å². The molecule has 19 heavy (non-hydrogen) atoms. The number of benzene rings is 2. The van der Waals surface area contributed by atoms with Gasteiger partial charge in [-0.25, -0.2) is 0 Å². The van der Waals surface area contributed by atoms with Crippen LogP contribution in [0.2, 0.25) is 5.02 Å². The second kappa shape index (κ2) is 6.42. The van der Waals surface area contributed by atoms with Crippen LogP contribution in [0, 0.1) is 0 Å². The maximum Gasteiger partial charge on any atom is 0.138 e. The highest BCUT2D eigenvalue weighted by Gasteiger charge is 2.08. The fourth-order valence-corrected chi connectivity index (χ4v) is 2.47. The molecule has 100 valence electrons. The zero-order valence-electron chi connectivity index (χ0n) is 10.5. The predicted molar refractivity (Wildman–Crippen MR) is 82.5 cm³/mol. The Balaban J connectivity index is 2.04. The third kappa shape index (κ3) is 3.72. The lowest BCUT2D eigenvalue weighted by atomic mass is 10.1. The molecule has 4 heteroatoms. The van der Waals surface area contributed by atoms with Gasteiger partial charge in [-0.05, 0) is 30.7 Å². The highest BCUT2D eigenvalue weighted by molar-refractivity contribution is 9.10. The number of phenols is 1. The minimum absolute atomic E-state index is 0.151. The Labute approximate surface area is 126 Å². The second-order valence-corrected chi connectivity index (χ2v) is 5.73. The number of rotatable bonds is 4. The average molecular weight is 341 g/mol. The van der Waals surface area contributed by atoms with Gasteiger partial charge in [0.15, 0.2) is 0 Å². The predicted octanol–water partition coefficient (Wildman–Crippen LogP) is 4.66. The van der Waals surface area contributed by atoms with Gasteiger partial charge in [0.2, 0.25) is 0 Å². The van der Waals surface area contributed by atoms with Crippen LogP contribution in [-0.4, -0.2) is 5.11 Å². The first-order valence-electron chi connectivity index (χ1n) is 6.03. The number of hydrogen-bond acceptors (Lipinski definition) is 2. The molecule has 0 radical (unpaired) electrons. The van der Waals surface area contributed by atoms with Crippen molar-refractivity contribution in [2.75, 3.05) is 0 Å². The normalized spacial score (nSPS) is 12.4. The summed E-state index contributed by atoms with van der Waals surface area (Å²) >= 11 is 9.35. The zero-order valence-corrected chi connectivity index (χ0v) is 12.9. The van der Waals surface area contributed by atoms with Crippen LogP contribution in [0.3, 0.4) is 0 Å². The van der Waals surface area contributed by atoms with Crippen molar-refractivity contribution in [2.45, 2.75) is 19.5 Å². The Hall–Kier alpha value is -1.03. The van der Waals surface area contributed by atoms with Gasteiger partial charge in [0.1, 0.15) is 5.75 Å². The van der Waals surface area contributed by atoms with E-state index < -0.39 is 0 Å². The van der Waals surface area contributed by atoms with E-state index in [1.165, 1.54) is 5.56 Å². The van der Waals surface area contributed by atoms with Crippen molar-refractivity contribution < 1.29 is 5.11 Å². The molecule has 2 aromatic rings. The van der Waals surface area contributed by atoms with Crippen molar-refractivity contribution in [2.24, 2.45) is 0 Å². The molecule has 0 aromatic heterocycles. The fourth-order valence-electron chi connectivity index (χ4n) is 1.86. The molecule has 0 spiro atoms. The third-order valence-corrected chi connectivity index (χ3v) is 3.82. The molecule has 1 atom stereocenters. The fraction of sp³-hybridized carbons (Fsp3) is 0.200. The van der Waals surface area contributed by atoms with Crippen LogP contribution in [0.15, 0.2) is 46.9 Å². The molecule has 0 saturated carbocycles. The minimum Gasteiger partial charge on any atom is -0.506 e. The molecule has 0 bridgehead atoms. The number of hydrogen-bond donors (Lipinski definition) is 2. The van der Waals surface area contributed by atoms with Crippen molar-refractivity contribution in [3.05, 3.63) is 63.1 Å². The van der Waals surface area contributed by atoms with Crippen LogP contribution in [0.1, 0.15) is 24.1 Å². The number of aromatic hydroxyl groups is 1. The highest BCUT2D eigenvalue weighted by Crippen LogP contribution is 2.27. The average Bonchev–Trinajstić information content (AvgIpc) is 2.40. The summed E-state index contributed by atoms with van der Waals surface area (Å²) in [4.78, 5) is 0. The van der Waals surface area contributed by atoms with Crippen LogP contribution in [-0.2, 0) is 6.54 Å². The number of phenolic OH excluding ortho intramolecular Hbond substituents is 1. The highest BCUT2D eigenvalue weighted by atomic mass is 79.9. The number of para-hydroxylation sites is 1. The van der Waals surface area contributed by atoms with Crippen LogP contribution in [0.4, 0.5) is 0 Å². The van der Waals surface area contributed by atoms with E-state index in [1.807, 2.05) is 24.3 Å². The van der Waals surface area contributed by atoms with E-state index in [4.69, 9.17) is 11.6 Å². The lowest BCUT2D eigenvalue weighted by Crippen LogP contribution is -2.18. The molecule has 0 aliphatic heterocycles. The maximum absolute atomic E-state index is 9.85. The summed E-state index contributed by atoms with van der Waals surface area (Å²) in [5, 5.41) is 13.6. The Bertz CT molecular complexity index is 574. The van der Waals surface area contributed by atoms with E-state index in [1.54, 1.807) is 6.07 Å². The molecule has 0 saturated heterocycles. The Kier molecular flexibility index (Phi) is 4.86. The van der Waals surface area contributed by atoms with Gasteiger partial charge in [0, 0.05) is 22.6 Å². The molecule has 2 N–H and O–H groups in total. The number of nitrogens with one attached hydrogen (secondary N) is 1. The topological polar surface area (TPSA) is 32.3 Å². The summed E-state index contributed by atoms with van der Waals surface area (Å²) in [5.74, 6) is 0.151. The van der Waals surface area contributed by atoms with Gasteiger partial charge in [-0.2, -0.15) is 0 Å². The van der Waals surface area contributed by atoms with Crippen molar-refractivity contribution in [1.82, 2.24) is 5.32 Å². The van der Waals surface area contributed by atoms with Gasteiger partial charge in [-0.15, -0.1) is 0 Å². The summed E-state index contributed by atoms with van der Waals surface area (Å²) < 4.78 is 1.06. The van der Waals surface area contributed by atoms with E-state index in [-0.39, 0.29) is 11.8 Å². The quantitative estimate of drug-likeness (QED) is 0.848. The van der Waals surface area contributed by atoms with Gasteiger partial charge < -0.3 is 10.4 Å². The van der Waals surface area contributed by atoms with E-state index in [0.29, 0.717) is 11.6 Å². The van der Waals surface area contributed by atoms with E-state index in [2.05, 4.69) is 40.3 Å². The zero-order chi connectivity index (χ0) is 13.8. The molecular weight excluding hydrogens is 326 g/mol. The van der Waals surface area contributed by atoms with Gasteiger partial charge in [-0.1, -0.05) is 51.8 Å². The molecule has 2 rings (SSSR count). The van der Waals surface area contributed by atoms with Crippen molar-refractivity contribution in [3.8, 4) is 5.75 Å². The Morgan fingerprint density at radius 2 is 2.00 bits per heavy atom. The van der Waals surface area contributed by atoms with Crippen LogP contribution >= 0.6 is 27.5 Å². The minimum atomic E-state index is 0.151. The molecule has 0 aliphatic rings. The summed E-state index contributed by atoms with van der Waals surface area (Å²) in [6, 6.07) is 13.7. The standard InChI is InChI=1S/C15H15BrClNO/c1-10(11-4-2-6-13(16)8-11)18-9-12-5-3-7-14(17)15(12)19/h2-8,10,18-19H,9H2,1H3/t10-/m0/s1. The first kappa shape index (κ1) is 14.4. The molecule has 2 nitrogen and oxygen atoms in total.